The Morgan fingerprint density at radius 1 is 1.07 bits per heavy atom. The van der Waals surface area contributed by atoms with E-state index in [9.17, 15) is 26.0 Å². The summed E-state index contributed by atoms with van der Waals surface area (Å²) in [6.07, 6.45) is 8.72. The van der Waals surface area contributed by atoms with Crippen LogP contribution in [0, 0.1) is 5.92 Å². The normalized spacial score (nSPS) is 16.2. The molecule has 1 aromatic carbocycles. The van der Waals surface area contributed by atoms with Crippen molar-refractivity contribution in [2.75, 3.05) is 19.8 Å². The van der Waals surface area contributed by atoms with Crippen LogP contribution in [0.2, 0.25) is 5.02 Å². The van der Waals surface area contributed by atoms with E-state index >= 15 is 0 Å². The molecular weight excluding hydrogens is 620 g/mol. The summed E-state index contributed by atoms with van der Waals surface area (Å²) in [5.41, 5.74) is 0.685. The molecule has 1 saturated heterocycles. The van der Waals surface area contributed by atoms with E-state index in [0.29, 0.717) is 55.1 Å². The van der Waals surface area contributed by atoms with Crippen molar-refractivity contribution in [3.8, 4) is 5.75 Å². The molecule has 4 aromatic rings. The first kappa shape index (κ1) is 31.9. The first-order chi connectivity index (χ1) is 21.0. The number of nitrogens with zero attached hydrogens (tertiary/aromatic N) is 4. The average Bonchev–Trinajstić information content (AvgIpc) is 3.28. The second-order valence-electron chi connectivity index (χ2n) is 10.5. The molecule has 1 fully saturated rings. The summed E-state index contributed by atoms with van der Waals surface area (Å²) in [6, 6.07) is 9.84. The average molecular weight is 651 g/mol. The van der Waals surface area contributed by atoms with Gasteiger partial charge in [0.1, 0.15) is 11.4 Å². The van der Waals surface area contributed by atoms with Gasteiger partial charge in [-0.25, -0.2) is 4.98 Å². The number of aromatic nitrogens is 3. The molecule has 0 amide bonds. The molecule has 0 saturated carbocycles. The van der Waals surface area contributed by atoms with Gasteiger partial charge in [-0.1, -0.05) is 31.5 Å². The van der Waals surface area contributed by atoms with Crippen LogP contribution in [-0.2, 0) is 23.1 Å². The topological polar surface area (TPSA) is 76.8 Å². The summed E-state index contributed by atoms with van der Waals surface area (Å²) >= 11 is 6.58. The lowest BCUT2D eigenvalue weighted by Gasteiger charge is -2.37. The van der Waals surface area contributed by atoms with E-state index in [1.807, 2.05) is 48.8 Å². The Labute approximate surface area is 258 Å². The number of pyridine rings is 2. The Balaban J connectivity index is 0.00000188. The molecule has 4 heterocycles. The molecule has 0 spiro atoms. The van der Waals surface area contributed by atoms with Gasteiger partial charge in [0, 0.05) is 50.3 Å². The highest BCUT2D eigenvalue weighted by atomic mass is 35.5. The molecule has 0 atom stereocenters. The zero-order chi connectivity index (χ0) is 31.6. The maximum absolute atomic E-state index is 13.0. The maximum Gasteiger partial charge on any atom is 0.534 e. The second-order valence-corrected chi connectivity index (χ2v) is 12.4. The van der Waals surface area contributed by atoms with Crippen LogP contribution >= 0.6 is 11.6 Å². The lowest BCUT2D eigenvalue weighted by molar-refractivity contribution is -0.0500. The number of halogens is 5. The highest BCUT2D eigenvalue weighted by Crippen LogP contribution is 2.43. The van der Waals surface area contributed by atoms with Gasteiger partial charge in [-0.05, 0) is 83.0 Å². The molecule has 13 heteroatoms. The van der Waals surface area contributed by atoms with Gasteiger partial charge in [0.25, 0.3) is 0 Å². The van der Waals surface area contributed by atoms with Crippen LogP contribution in [0.1, 0.15) is 54.6 Å². The molecular formula is C31H31ClF4N4O3S. The van der Waals surface area contributed by atoms with Crippen LogP contribution in [0.3, 0.4) is 0 Å². The minimum atomic E-state index is -5.81. The fraction of sp³-hybridized carbons (Fsp3) is 0.355. The minimum Gasteiger partial charge on any atom is -0.376 e. The van der Waals surface area contributed by atoms with E-state index in [-0.39, 0.29) is 12.6 Å². The van der Waals surface area contributed by atoms with Crippen LogP contribution in [0.4, 0.5) is 17.6 Å². The van der Waals surface area contributed by atoms with Crippen molar-refractivity contribution in [2.45, 2.75) is 45.2 Å². The van der Waals surface area contributed by atoms with E-state index in [1.165, 1.54) is 12.1 Å². The summed E-state index contributed by atoms with van der Waals surface area (Å²) in [4.78, 5) is 11.0. The third-order valence-corrected chi connectivity index (χ3v) is 8.82. The predicted octanol–water partition coefficient (Wildman–Crippen LogP) is 7.33. The van der Waals surface area contributed by atoms with Crippen LogP contribution in [0.5, 0.6) is 5.75 Å². The fourth-order valence-corrected chi connectivity index (χ4v) is 6.29. The van der Waals surface area contributed by atoms with E-state index < -0.39 is 21.4 Å². The molecule has 234 valence electrons. The van der Waals surface area contributed by atoms with Crippen molar-refractivity contribution in [2.24, 2.45) is 5.92 Å². The lowest BCUT2D eigenvalue weighted by Crippen LogP contribution is -2.46. The Morgan fingerprint density at radius 2 is 1.84 bits per heavy atom. The maximum atomic E-state index is 13.0. The van der Waals surface area contributed by atoms with Crippen LogP contribution in [0.25, 0.3) is 16.8 Å². The number of allylic oxidation sites excluding steroid dienone is 1. The van der Waals surface area contributed by atoms with Gasteiger partial charge in [0.05, 0.1) is 17.4 Å². The number of aryl methyl sites for hydroxylation is 1. The van der Waals surface area contributed by atoms with Gasteiger partial charge in [0.15, 0.2) is 0 Å². The van der Waals surface area contributed by atoms with E-state index in [1.54, 1.807) is 18.5 Å². The number of rotatable bonds is 7. The lowest BCUT2D eigenvalue weighted by atomic mass is 9.88. The Kier molecular flexibility index (Phi) is 9.33. The third kappa shape index (κ3) is 6.47. The SMILES string of the molecule is CC.O=S(=O)(Oc1ccc2c(c1)CCCC(c1ccncc1Cl)=C2c1ccn2cc(CN3CC(CF)C3)nc2c1)C(F)(F)F. The van der Waals surface area contributed by atoms with E-state index in [2.05, 4.69) is 14.1 Å². The molecule has 1 aliphatic carbocycles. The van der Waals surface area contributed by atoms with Gasteiger partial charge < -0.3 is 8.58 Å². The number of benzene rings is 1. The summed E-state index contributed by atoms with van der Waals surface area (Å²) in [5, 5.41) is 0.454. The number of hydrogen-bond donors (Lipinski definition) is 0. The van der Waals surface area contributed by atoms with Gasteiger partial charge in [-0.2, -0.15) is 21.6 Å². The summed E-state index contributed by atoms with van der Waals surface area (Å²) < 4.78 is 81.4. The second kappa shape index (κ2) is 12.9. The molecule has 0 radical (unpaired) electrons. The number of imidazole rings is 1. The number of fused-ring (bicyclic) bond motifs is 2. The summed E-state index contributed by atoms with van der Waals surface area (Å²) in [6.45, 7) is 5.69. The zero-order valence-corrected chi connectivity index (χ0v) is 25.7. The molecule has 1 aliphatic heterocycles. The van der Waals surface area contributed by atoms with Crippen LogP contribution < -0.4 is 4.18 Å². The fourth-order valence-electron chi connectivity index (χ4n) is 5.61. The minimum absolute atomic E-state index is 0.0776. The van der Waals surface area contributed by atoms with Crippen molar-refractivity contribution in [3.63, 3.8) is 0 Å². The monoisotopic (exact) mass is 650 g/mol. The zero-order valence-electron chi connectivity index (χ0n) is 24.1. The standard InChI is InChI=1S/C29H25ClF4N4O3S.C2H6/c30-26-13-35-8-6-24(26)25-3-1-2-19-10-22(41-42(39,40)29(32,33)34)4-5-23(19)28(25)20-7-9-38-17-21(36-27(38)11-20)16-37-14-18(12-31)15-37;1-2/h4-11,13,17-18H,1-3,12,14-16H2;1-2H3. The van der Waals surface area contributed by atoms with Crippen molar-refractivity contribution in [1.82, 2.24) is 19.3 Å². The number of hydrogen-bond acceptors (Lipinski definition) is 6. The number of alkyl halides is 4. The predicted molar refractivity (Wildman–Crippen MR) is 161 cm³/mol. The highest BCUT2D eigenvalue weighted by Gasteiger charge is 2.48. The molecule has 3 aromatic heterocycles. The van der Waals surface area contributed by atoms with Crippen molar-refractivity contribution in [1.29, 1.82) is 0 Å². The molecule has 6 rings (SSSR count). The molecule has 2 aliphatic rings. The first-order valence-electron chi connectivity index (χ1n) is 14.3. The van der Waals surface area contributed by atoms with Gasteiger partial charge >= 0.3 is 15.6 Å². The Hall–Kier alpha value is -3.48. The quantitative estimate of drug-likeness (QED) is 0.118. The molecule has 0 unspecified atom stereocenters. The molecule has 0 N–H and O–H groups in total. The Bertz CT molecular complexity index is 1800. The van der Waals surface area contributed by atoms with Crippen molar-refractivity contribution >= 4 is 38.5 Å². The van der Waals surface area contributed by atoms with Gasteiger partial charge in [-0.15, -0.1) is 0 Å². The highest BCUT2D eigenvalue weighted by molar-refractivity contribution is 7.88. The summed E-state index contributed by atoms with van der Waals surface area (Å²) in [7, 11) is -5.81. The first-order valence-corrected chi connectivity index (χ1v) is 16.0. The molecule has 44 heavy (non-hydrogen) atoms. The van der Waals surface area contributed by atoms with Crippen LogP contribution in [0.15, 0.2) is 61.2 Å². The van der Waals surface area contributed by atoms with Crippen molar-refractivity contribution < 1.29 is 30.2 Å². The van der Waals surface area contributed by atoms with E-state index in [0.717, 1.165) is 33.5 Å². The van der Waals surface area contributed by atoms with Crippen LogP contribution in [-0.4, -0.2) is 53.0 Å². The Morgan fingerprint density at radius 3 is 2.55 bits per heavy atom. The molecule has 7 nitrogen and oxygen atoms in total. The number of likely N-dealkylation sites (tertiary alicyclic amines) is 1. The van der Waals surface area contributed by atoms with Gasteiger partial charge in [-0.3, -0.25) is 14.3 Å². The van der Waals surface area contributed by atoms with E-state index in [4.69, 9.17) is 16.6 Å². The summed E-state index contributed by atoms with van der Waals surface area (Å²) in [5.74, 6) is -0.334. The van der Waals surface area contributed by atoms with Gasteiger partial charge in [0.2, 0.25) is 0 Å². The molecule has 0 bridgehead atoms. The third-order valence-electron chi connectivity index (χ3n) is 7.54. The van der Waals surface area contributed by atoms with Crippen molar-refractivity contribution in [3.05, 3.63) is 94.2 Å². The largest absolute Gasteiger partial charge is 0.534 e. The smallest absolute Gasteiger partial charge is 0.376 e.